The van der Waals surface area contributed by atoms with Crippen LogP contribution >= 0.6 is 15.9 Å². The molecule has 6 rings (SSSR count). The van der Waals surface area contributed by atoms with Crippen molar-refractivity contribution in [1.29, 1.82) is 0 Å². The number of rotatable bonds is 14. The van der Waals surface area contributed by atoms with E-state index in [1.165, 1.54) is 51.4 Å². The lowest BCUT2D eigenvalue weighted by atomic mass is 9.47. The van der Waals surface area contributed by atoms with Crippen molar-refractivity contribution in [3.63, 3.8) is 0 Å². The van der Waals surface area contributed by atoms with Crippen molar-refractivity contribution in [3.8, 4) is 5.75 Å². The van der Waals surface area contributed by atoms with Gasteiger partial charge in [0.25, 0.3) is 0 Å². The van der Waals surface area contributed by atoms with E-state index in [4.69, 9.17) is 9.47 Å². The van der Waals surface area contributed by atoms with Crippen molar-refractivity contribution in [1.82, 2.24) is 0 Å². The van der Waals surface area contributed by atoms with Gasteiger partial charge < -0.3 is 9.47 Å². The largest absolute Gasteiger partial charge is 0.494 e. The zero-order valence-electron chi connectivity index (χ0n) is 31.3. The van der Waals surface area contributed by atoms with Gasteiger partial charge >= 0.3 is 5.97 Å². The number of carbonyl (C=O) groups excluding carboxylic acids is 1. The third-order valence-electron chi connectivity index (χ3n) is 13.6. The van der Waals surface area contributed by atoms with E-state index in [9.17, 15) is 4.79 Å². The molecule has 0 saturated heterocycles. The molecule has 50 heavy (non-hydrogen) atoms. The molecule has 4 aliphatic rings. The van der Waals surface area contributed by atoms with E-state index in [0.29, 0.717) is 23.3 Å². The van der Waals surface area contributed by atoms with Crippen molar-refractivity contribution in [3.05, 3.63) is 65.7 Å². The molecule has 0 amide bonds. The first-order chi connectivity index (χ1) is 24.1. The summed E-state index contributed by atoms with van der Waals surface area (Å²) in [7, 11) is 0. The maximum Gasteiger partial charge on any atom is 0.338 e. The number of allylic oxidation sites excluding steroid dienone is 1. The zero-order chi connectivity index (χ0) is 35.3. The molecule has 6 heteroatoms. The van der Waals surface area contributed by atoms with E-state index < -0.39 is 0 Å². The van der Waals surface area contributed by atoms with Crippen molar-refractivity contribution in [2.45, 2.75) is 124 Å². The van der Waals surface area contributed by atoms with Crippen LogP contribution < -0.4 is 4.74 Å². The minimum atomic E-state index is -0.240. The Morgan fingerprint density at radius 3 is 2.28 bits per heavy atom. The Morgan fingerprint density at radius 2 is 1.58 bits per heavy atom. The van der Waals surface area contributed by atoms with Gasteiger partial charge in [-0.3, -0.25) is 0 Å². The second kappa shape index (κ2) is 16.5. The Balaban J connectivity index is 1.01. The van der Waals surface area contributed by atoms with E-state index >= 15 is 0 Å². The van der Waals surface area contributed by atoms with Gasteiger partial charge in [0, 0.05) is 11.8 Å². The van der Waals surface area contributed by atoms with E-state index in [2.05, 4.69) is 66.9 Å². The molecule has 0 aromatic heterocycles. The number of esters is 1. The summed E-state index contributed by atoms with van der Waals surface area (Å²) in [6, 6.07) is 14.9. The predicted octanol–water partition coefficient (Wildman–Crippen LogP) is 13.2. The smallest absolute Gasteiger partial charge is 0.338 e. The number of benzene rings is 2. The number of azo groups is 1. The molecule has 0 heterocycles. The molecule has 0 unspecified atom stereocenters. The molecule has 0 N–H and O–H groups in total. The molecule has 272 valence electrons. The third kappa shape index (κ3) is 8.26. The van der Waals surface area contributed by atoms with Crippen LogP contribution in [0.3, 0.4) is 0 Å². The molecule has 2 aromatic carbocycles. The highest BCUT2D eigenvalue weighted by molar-refractivity contribution is 9.09. The average molecular weight is 746 g/mol. The maximum atomic E-state index is 13.2. The van der Waals surface area contributed by atoms with Crippen LogP contribution in [0.4, 0.5) is 11.4 Å². The van der Waals surface area contributed by atoms with Gasteiger partial charge in [-0.2, -0.15) is 10.2 Å². The summed E-state index contributed by atoms with van der Waals surface area (Å²) in [4.78, 5) is 13.2. The van der Waals surface area contributed by atoms with Gasteiger partial charge in [-0.1, -0.05) is 81.5 Å². The number of unbranched alkanes of at least 4 members (excludes halogenated alkanes) is 1. The Hall–Kier alpha value is -2.47. The van der Waals surface area contributed by atoms with Crippen LogP contribution in [-0.4, -0.2) is 24.0 Å². The summed E-state index contributed by atoms with van der Waals surface area (Å²) < 4.78 is 11.9. The fourth-order valence-electron chi connectivity index (χ4n) is 10.7. The van der Waals surface area contributed by atoms with Crippen molar-refractivity contribution in [2.24, 2.45) is 56.6 Å². The number of nitrogens with zero attached hydrogens (tertiary/aromatic N) is 2. The van der Waals surface area contributed by atoms with Gasteiger partial charge in [0.1, 0.15) is 11.9 Å². The standard InChI is InChI=1S/C44H61BrN2O3/c1-30(2)9-8-10-31(3)39-21-22-40-38-20-13-33-29-37(23-25-43(33,4)41(38)24-26-44(39,40)5)50-42(48)32-11-14-34(15-12-32)46-47-35-16-18-36(19-17-35)49-28-7-6-27-45/h11-19,30-31,37-41H,6-10,20-29H2,1-5H3/t31-,37+,38+,39-,40+,41+,43+,44-/m1/s1. The number of carbonyl (C=O) groups is 1. The van der Waals surface area contributed by atoms with E-state index in [1.807, 2.05) is 36.4 Å². The Labute approximate surface area is 310 Å². The number of fused-ring (bicyclic) bond motifs is 5. The molecule has 0 radical (unpaired) electrons. The second-order valence-electron chi connectivity index (χ2n) is 17.0. The quantitative estimate of drug-likeness (QED) is 0.0636. The summed E-state index contributed by atoms with van der Waals surface area (Å²) in [5, 5.41) is 9.72. The molecule has 0 spiro atoms. The molecular weight excluding hydrogens is 684 g/mol. The lowest BCUT2D eigenvalue weighted by Crippen LogP contribution is -2.51. The van der Waals surface area contributed by atoms with E-state index in [1.54, 1.807) is 17.7 Å². The van der Waals surface area contributed by atoms with Gasteiger partial charge in [0.2, 0.25) is 0 Å². The van der Waals surface area contributed by atoms with Gasteiger partial charge in [-0.15, -0.1) is 0 Å². The number of ether oxygens (including phenoxy) is 2. The van der Waals surface area contributed by atoms with Gasteiger partial charge in [-0.05, 0) is 153 Å². The SMILES string of the molecule is CC(C)CCC[C@@H](C)[C@H]1CC[C@H]2[C@@H]3CC=C4C[C@@H](OC(=O)c5ccc(N=Nc6ccc(OCCCCBr)cc6)cc5)CC[C@]4(C)[C@H]3CC[C@]12C. The molecule has 4 aliphatic carbocycles. The van der Waals surface area contributed by atoms with Gasteiger partial charge in [0.05, 0.1) is 23.5 Å². The van der Waals surface area contributed by atoms with Gasteiger partial charge in [-0.25, -0.2) is 4.79 Å². The fraction of sp³-hybridized carbons (Fsp3) is 0.659. The van der Waals surface area contributed by atoms with Crippen LogP contribution in [0.1, 0.15) is 128 Å². The predicted molar refractivity (Wildman–Crippen MR) is 208 cm³/mol. The highest BCUT2D eigenvalue weighted by Crippen LogP contribution is 2.67. The van der Waals surface area contributed by atoms with Gasteiger partial charge in [0.15, 0.2) is 0 Å². The summed E-state index contributed by atoms with van der Waals surface area (Å²) in [6.07, 6.45) is 18.6. The van der Waals surface area contributed by atoms with Crippen LogP contribution in [0, 0.1) is 46.3 Å². The molecule has 0 bridgehead atoms. The number of alkyl halides is 1. The zero-order valence-corrected chi connectivity index (χ0v) is 32.9. The average Bonchev–Trinajstić information content (AvgIpc) is 3.47. The molecule has 8 atom stereocenters. The summed E-state index contributed by atoms with van der Waals surface area (Å²) in [6.45, 7) is 13.2. The first-order valence-electron chi connectivity index (χ1n) is 19.8. The molecule has 3 saturated carbocycles. The lowest BCUT2D eigenvalue weighted by Gasteiger charge is -2.58. The lowest BCUT2D eigenvalue weighted by molar-refractivity contribution is -0.0594. The second-order valence-corrected chi connectivity index (χ2v) is 17.8. The number of hydrogen-bond acceptors (Lipinski definition) is 5. The number of halogens is 1. The first-order valence-corrected chi connectivity index (χ1v) is 20.9. The molecule has 5 nitrogen and oxygen atoms in total. The van der Waals surface area contributed by atoms with Crippen LogP contribution in [0.25, 0.3) is 0 Å². The molecule has 0 aliphatic heterocycles. The Kier molecular flexibility index (Phi) is 12.3. The topological polar surface area (TPSA) is 60.2 Å². The molecule has 2 aromatic rings. The monoisotopic (exact) mass is 744 g/mol. The summed E-state index contributed by atoms with van der Waals surface area (Å²) >= 11 is 3.45. The highest BCUT2D eigenvalue weighted by atomic mass is 79.9. The highest BCUT2D eigenvalue weighted by Gasteiger charge is 2.59. The summed E-state index contributed by atoms with van der Waals surface area (Å²) in [5.41, 5.74) is 4.35. The van der Waals surface area contributed by atoms with E-state index in [0.717, 1.165) is 84.4 Å². The van der Waals surface area contributed by atoms with Crippen LogP contribution in [-0.2, 0) is 4.74 Å². The minimum absolute atomic E-state index is 0.0505. The van der Waals surface area contributed by atoms with Crippen molar-refractivity contribution in [2.75, 3.05) is 11.9 Å². The minimum Gasteiger partial charge on any atom is -0.494 e. The normalized spacial score (nSPS) is 31.1. The Bertz CT molecular complexity index is 1490. The first kappa shape index (κ1) is 37.3. The maximum absolute atomic E-state index is 13.2. The van der Waals surface area contributed by atoms with Crippen LogP contribution in [0.15, 0.2) is 70.4 Å². The number of hydrogen-bond donors (Lipinski definition) is 0. The van der Waals surface area contributed by atoms with E-state index in [-0.39, 0.29) is 17.5 Å². The Morgan fingerprint density at radius 1 is 0.860 bits per heavy atom. The molecular formula is C44H61BrN2O3. The van der Waals surface area contributed by atoms with Crippen molar-refractivity contribution < 1.29 is 14.3 Å². The molecule has 3 fully saturated rings. The van der Waals surface area contributed by atoms with Crippen LogP contribution in [0.2, 0.25) is 0 Å². The van der Waals surface area contributed by atoms with Crippen LogP contribution in [0.5, 0.6) is 5.75 Å². The summed E-state index contributed by atoms with van der Waals surface area (Å²) in [5.74, 6) is 5.61. The van der Waals surface area contributed by atoms with Crippen molar-refractivity contribution >= 4 is 33.3 Å². The third-order valence-corrected chi connectivity index (χ3v) is 14.1. The fourth-order valence-corrected chi connectivity index (χ4v) is 11.1.